The maximum atomic E-state index is 5.86. The molecule has 0 aliphatic carbocycles. The first-order valence-electron chi connectivity index (χ1n) is 9.69. The second-order valence-corrected chi connectivity index (χ2v) is 6.72. The van der Waals surface area contributed by atoms with Crippen molar-refractivity contribution in [1.82, 2.24) is 0 Å². The van der Waals surface area contributed by atoms with Gasteiger partial charge in [0, 0.05) is 31.1 Å². The van der Waals surface area contributed by atoms with Crippen LogP contribution >= 0.6 is 0 Å². The topological polar surface area (TPSA) is 43.3 Å². The molecule has 0 saturated carbocycles. The predicted molar refractivity (Wildman–Crippen MR) is 116 cm³/mol. The van der Waals surface area contributed by atoms with E-state index in [0.29, 0.717) is 0 Å². The molecule has 148 valence electrons. The number of morpholine rings is 1. The summed E-state index contributed by atoms with van der Waals surface area (Å²) in [5.74, 6) is 2.26. The van der Waals surface area contributed by atoms with Gasteiger partial charge in [0.2, 0.25) is 0 Å². The number of aliphatic imine (C=N–C) groups is 1. The van der Waals surface area contributed by atoms with Crippen molar-refractivity contribution in [2.75, 3.05) is 38.3 Å². The summed E-state index contributed by atoms with van der Waals surface area (Å²) in [5, 5.41) is 0. The van der Waals surface area contributed by atoms with Crippen LogP contribution in [0.2, 0.25) is 0 Å². The highest BCUT2D eigenvalue weighted by molar-refractivity contribution is 5.82. The van der Waals surface area contributed by atoms with E-state index in [1.165, 1.54) is 5.69 Å². The molecule has 0 bridgehead atoms. The molecule has 0 amide bonds. The number of rotatable bonds is 6. The molecule has 0 aromatic heterocycles. The van der Waals surface area contributed by atoms with E-state index in [4.69, 9.17) is 14.2 Å². The number of hydrogen-bond donors (Lipinski definition) is 0. The van der Waals surface area contributed by atoms with Gasteiger partial charge in [-0.05, 0) is 54.1 Å². The summed E-state index contributed by atoms with van der Waals surface area (Å²) >= 11 is 0. The molecule has 0 unspecified atom stereocenters. The fraction of sp³-hybridized carbons (Fsp3) is 0.208. The summed E-state index contributed by atoms with van der Waals surface area (Å²) in [6.45, 7) is 3.47. The van der Waals surface area contributed by atoms with Crippen molar-refractivity contribution in [3.05, 3.63) is 78.4 Å². The molecule has 0 atom stereocenters. The van der Waals surface area contributed by atoms with Gasteiger partial charge in [-0.25, -0.2) is 0 Å². The molecular formula is C24H24N2O3. The summed E-state index contributed by atoms with van der Waals surface area (Å²) in [6, 6.07) is 23.7. The lowest BCUT2D eigenvalue weighted by Gasteiger charge is -2.28. The lowest BCUT2D eigenvalue weighted by atomic mass is 10.2. The predicted octanol–water partition coefficient (Wildman–Crippen LogP) is 5.07. The van der Waals surface area contributed by atoms with Crippen molar-refractivity contribution >= 4 is 17.6 Å². The Morgan fingerprint density at radius 3 is 2.31 bits per heavy atom. The van der Waals surface area contributed by atoms with Crippen LogP contribution in [0.25, 0.3) is 0 Å². The Hall–Kier alpha value is -3.31. The molecule has 1 fully saturated rings. The average Bonchev–Trinajstić information content (AvgIpc) is 2.80. The first-order chi connectivity index (χ1) is 14.3. The lowest BCUT2D eigenvalue weighted by Crippen LogP contribution is -2.36. The third-order valence-electron chi connectivity index (χ3n) is 4.75. The van der Waals surface area contributed by atoms with Crippen LogP contribution in [-0.4, -0.2) is 39.6 Å². The van der Waals surface area contributed by atoms with Gasteiger partial charge in [-0.15, -0.1) is 0 Å². The fourth-order valence-corrected chi connectivity index (χ4v) is 3.14. The largest absolute Gasteiger partial charge is 0.497 e. The minimum Gasteiger partial charge on any atom is -0.497 e. The second kappa shape index (κ2) is 9.26. The molecular weight excluding hydrogens is 364 g/mol. The molecule has 0 radical (unpaired) electrons. The van der Waals surface area contributed by atoms with Crippen molar-refractivity contribution in [2.24, 2.45) is 4.99 Å². The number of hydrogen-bond acceptors (Lipinski definition) is 5. The standard InChI is InChI=1S/C24H24N2O3/c1-27-23-3-2-4-24(17-23)29-22-11-7-20(8-12-22)25-18-19-5-9-21(10-6-19)26-13-15-28-16-14-26/h2-12,17-18H,13-16H2,1H3. The third kappa shape index (κ3) is 5.15. The van der Waals surface area contributed by atoms with E-state index < -0.39 is 0 Å². The van der Waals surface area contributed by atoms with E-state index >= 15 is 0 Å². The van der Waals surface area contributed by atoms with Gasteiger partial charge in [0.05, 0.1) is 26.0 Å². The van der Waals surface area contributed by atoms with Crippen molar-refractivity contribution in [3.8, 4) is 17.2 Å². The number of nitrogens with zero attached hydrogens (tertiary/aromatic N) is 2. The van der Waals surface area contributed by atoms with Gasteiger partial charge in [0.25, 0.3) is 0 Å². The highest BCUT2D eigenvalue weighted by Crippen LogP contribution is 2.26. The summed E-state index contributed by atoms with van der Waals surface area (Å²) in [5.41, 5.74) is 3.17. The number of ether oxygens (including phenoxy) is 3. The molecule has 5 nitrogen and oxygen atoms in total. The summed E-state index contributed by atoms with van der Waals surface area (Å²) in [4.78, 5) is 6.90. The van der Waals surface area contributed by atoms with E-state index in [1.54, 1.807) is 7.11 Å². The molecule has 1 aliphatic rings. The van der Waals surface area contributed by atoms with E-state index in [1.807, 2.05) is 54.7 Å². The minimum atomic E-state index is 0.737. The van der Waals surface area contributed by atoms with Crippen LogP contribution in [0.4, 0.5) is 11.4 Å². The quantitative estimate of drug-likeness (QED) is 0.553. The van der Waals surface area contributed by atoms with Gasteiger partial charge >= 0.3 is 0 Å². The van der Waals surface area contributed by atoms with E-state index in [2.05, 4.69) is 34.2 Å². The third-order valence-corrected chi connectivity index (χ3v) is 4.75. The minimum absolute atomic E-state index is 0.737. The van der Waals surface area contributed by atoms with Crippen molar-refractivity contribution in [3.63, 3.8) is 0 Å². The first kappa shape index (κ1) is 19.0. The number of benzene rings is 3. The molecule has 0 N–H and O–H groups in total. The lowest BCUT2D eigenvalue weighted by molar-refractivity contribution is 0.122. The van der Waals surface area contributed by atoms with Gasteiger partial charge in [0.15, 0.2) is 0 Å². The summed E-state index contributed by atoms with van der Waals surface area (Å²) < 4.78 is 16.5. The Morgan fingerprint density at radius 1 is 0.862 bits per heavy atom. The normalized spacial score (nSPS) is 14.2. The Balaban J connectivity index is 1.37. The first-order valence-corrected chi connectivity index (χ1v) is 9.69. The molecule has 1 aliphatic heterocycles. The van der Waals surface area contributed by atoms with E-state index in [-0.39, 0.29) is 0 Å². The molecule has 3 aromatic rings. The maximum Gasteiger partial charge on any atom is 0.131 e. The van der Waals surface area contributed by atoms with E-state index in [9.17, 15) is 0 Å². The van der Waals surface area contributed by atoms with Crippen LogP contribution in [-0.2, 0) is 4.74 Å². The Bertz CT molecular complexity index is 947. The van der Waals surface area contributed by atoms with Crippen LogP contribution in [0.1, 0.15) is 5.56 Å². The van der Waals surface area contributed by atoms with Crippen LogP contribution in [0.3, 0.4) is 0 Å². The zero-order chi connectivity index (χ0) is 19.9. The second-order valence-electron chi connectivity index (χ2n) is 6.72. The van der Waals surface area contributed by atoms with Gasteiger partial charge in [-0.3, -0.25) is 4.99 Å². The van der Waals surface area contributed by atoms with Crippen molar-refractivity contribution in [2.45, 2.75) is 0 Å². The number of methoxy groups -OCH3 is 1. The van der Waals surface area contributed by atoms with Crippen LogP contribution < -0.4 is 14.4 Å². The van der Waals surface area contributed by atoms with Gasteiger partial charge < -0.3 is 19.1 Å². The summed E-state index contributed by atoms with van der Waals surface area (Å²) in [7, 11) is 1.64. The fourth-order valence-electron chi connectivity index (χ4n) is 3.14. The Kier molecular flexibility index (Phi) is 6.07. The van der Waals surface area contributed by atoms with Crippen LogP contribution in [0.15, 0.2) is 77.8 Å². The Morgan fingerprint density at radius 2 is 1.59 bits per heavy atom. The van der Waals surface area contributed by atoms with Crippen molar-refractivity contribution in [1.29, 1.82) is 0 Å². The van der Waals surface area contributed by atoms with Gasteiger partial charge in [0.1, 0.15) is 17.2 Å². The van der Waals surface area contributed by atoms with Gasteiger partial charge in [-0.2, -0.15) is 0 Å². The Labute approximate surface area is 171 Å². The SMILES string of the molecule is COc1cccc(Oc2ccc(N=Cc3ccc(N4CCOCC4)cc3)cc2)c1. The molecule has 3 aromatic carbocycles. The zero-order valence-corrected chi connectivity index (χ0v) is 16.5. The molecule has 5 heteroatoms. The number of anilines is 1. The monoisotopic (exact) mass is 388 g/mol. The van der Waals surface area contributed by atoms with Gasteiger partial charge in [-0.1, -0.05) is 18.2 Å². The maximum absolute atomic E-state index is 5.86. The highest BCUT2D eigenvalue weighted by Gasteiger charge is 2.10. The molecule has 1 heterocycles. The average molecular weight is 388 g/mol. The summed E-state index contributed by atoms with van der Waals surface area (Å²) in [6.07, 6.45) is 1.88. The molecule has 1 saturated heterocycles. The van der Waals surface area contributed by atoms with Crippen molar-refractivity contribution < 1.29 is 14.2 Å². The highest BCUT2D eigenvalue weighted by atomic mass is 16.5. The molecule has 0 spiro atoms. The van der Waals surface area contributed by atoms with E-state index in [0.717, 1.165) is 54.8 Å². The molecule has 29 heavy (non-hydrogen) atoms. The smallest absolute Gasteiger partial charge is 0.131 e. The van der Waals surface area contributed by atoms with Crippen LogP contribution in [0.5, 0.6) is 17.2 Å². The van der Waals surface area contributed by atoms with Crippen LogP contribution in [0, 0.1) is 0 Å². The molecule has 4 rings (SSSR count). The zero-order valence-electron chi connectivity index (χ0n) is 16.5.